The quantitative estimate of drug-likeness (QED) is 0.600. The molecule has 0 amide bonds. The van der Waals surface area contributed by atoms with Crippen molar-refractivity contribution in [1.82, 2.24) is 0 Å². The van der Waals surface area contributed by atoms with Gasteiger partial charge in [-0.05, 0) is 12.1 Å². The Labute approximate surface area is 89.2 Å². The van der Waals surface area contributed by atoms with Gasteiger partial charge in [-0.1, -0.05) is 44.2 Å². The van der Waals surface area contributed by atoms with E-state index < -0.39 is 0 Å². The molecule has 0 saturated heterocycles. The number of rotatable bonds is 0. The summed E-state index contributed by atoms with van der Waals surface area (Å²) in [4.78, 5) is 4.64. The summed E-state index contributed by atoms with van der Waals surface area (Å²) in [6, 6.07) is 8.31. The third-order valence-corrected chi connectivity index (χ3v) is 2.90. The summed E-state index contributed by atoms with van der Waals surface area (Å²) in [5, 5.41) is 2.36. The summed E-state index contributed by atoms with van der Waals surface area (Å²) in [5.74, 6) is 0. The van der Waals surface area contributed by atoms with Crippen molar-refractivity contribution in [2.75, 3.05) is 0 Å². The number of nitrogens with zero attached hydrogens (tertiary/aromatic N) is 1. The van der Waals surface area contributed by atoms with Gasteiger partial charge in [0.1, 0.15) is 0 Å². The maximum Gasteiger partial charge on any atom is 0.0716 e. The van der Waals surface area contributed by atoms with E-state index in [0.29, 0.717) is 0 Å². The molecule has 2 aliphatic rings. The zero-order chi connectivity index (χ0) is 10.5. The molecule has 1 nitrogen and oxygen atoms in total. The lowest BCUT2D eigenvalue weighted by molar-refractivity contribution is 0.618. The van der Waals surface area contributed by atoms with Crippen LogP contribution in [0.1, 0.15) is 13.8 Å². The minimum Gasteiger partial charge on any atom is -0.248 e. The topological polar surface area (TPSA) is 12.4 Å². The Morgan fingerprint density at radius 1 is 1.13 bits per heavy atom. The van der Waals surface area contributed by atoms with Crippen LogP contribution in [0.25, 0.3) is 5.57 Å². The highest BCUT2D eigenvalue weighted by Gasteiger charge is 2.20. The van der Waals surface area contributed by atoms with Crippen molar-refractivity contribution in [3.63, 3.8) is 0 Å². The second-order valence-electron chi connectivity index (χ2n) is 4.73. The van der Waals surface area contributed by atoms with Gasteiger partial charge in [-0.3, -0.25) is 0 Å². The van der Waals surface area contributed by atoms with Crippen molar-refractivity contribution >= 4 is 5.57 Å². The van der Waals surface area contributed by atoms with Gasteiger partial charge in [0.05, 0.1) is 11.1 Å². The molecule has 0 atom stereocenters. The smallest absolute Gasteiger partial charge is 0.0716 e. The van der Waals surface area contributed by atoms with Crippen molar-refractivity contribution in [2.45, 2.75) is 13.8 Å². The van der Waals surface area contributed by atoms with Gasteiger partial charge < -0.3 is 0 Å². The Morgan fingerprint density at radius 2 is 1.93 bits per heavy atom. The van der Waals surface area contributed by atoms with Crippen LogP contribution in [0, 0.1) is 5.41 Å². The molecule has 0 radical (unpaired) electrons. The van der Waals surface area contributed by atoms with Crippen LogP contribution in [-0.4, -0.2) is 0 Å². The van der Waals surface area contributed by atoms with Crippen LogP contribution >= 0.6 is 0 Å². The molecule has 0 spiro atoms. The molecule has 0 saturated carbocycles. The van der Waals surface area contributed by atoms with Crippen molar-refractivity contribution in [3.8, 4) is 0 Å². The van der Waals surface area contributed by atoms with Gasteiger partial charge in [-0.2, -0.15) is 0 Å². The van der Waals surface area contributed by atoms with E-state index >= 15 is 0 Å². The molecule has 1 aromatic rings. The molecule has 0 aromatic heterocycles. The maximum absolute atomic E-state index is 4.64. The standard InChI is InChI=1S/C14H13N/c1-14(2)8-7-11-10-5-3-4-6-12(10)15-13(11)9-14/h3-9H,1-2H3. The number of hydrogen-bond donors (Lipinski definition) is 0. The second-order valence-corrected chi connectivity index (χ2v) is 4.73. The van der Waals surface area contributed by atoms with E-state index in [2.05, 4.69) is 55.3 Å². The summed E-state index contributed by atoms with van der Waals surface area (Å²) >= 11 is 0. The van der Waals surface area contributed by atoms with Crippen LogP contribution in [0.15, 0.2) is 53.2 Å². The normalized spacial score (nSPS) is 20.4. The third-order valence-electron chi connectivity index (χ3n) is 2.90. The molecule has 1 heteroatoms. The molecule has 3 rings (SSSR count). The van der Waals surface area contributed by atoms with E-state index in [9.17, 15) is 0 Å². The van der Waals surface area contributed by atoms with Crippen LogP contribution < -0.4 is 10.6 Å². The van der Waals surface area contributed by atoms with Crippen molar-refractivity contribution < 1.29 is 0 Å². The second kappa shape index (κ2) is 2.69. The Kier molecular flexibility index (Phi) is 1.55. The number of hydrogen-bond acceptors (Lipinski definition) is 1. The first-order chi connectivity index (χ1) is 7.16. The Balaban J connectivity index is 2.36. The highest BCUT2D eigenvalue weighted by atomic mass is 14.8. The number of para-hydroxylation sites is 1. The molecule has 1 aromatic carbocycles. The van der Waals surface area contributed by atoms with E-state index in [-0.39, 0.29) is 5.41 Å². The molecule has 1 aliphatic heterocycles. The summed E-state index contributed by atoms with van der Waals surface area (Å²) < 4.78 is 0. The van der Waals surface area contributed by atoms with Gasteiger partial charge in [0.25, 0.3) is 0 Å². The summed E-state index contributed by atoms with van der Waals surface area (Å²) in [5.41, 5.74) is 2.53. The molecule has 1 aliphatic carbocycles. The van der Waals surface area contributed by atoms with E-state index in [0.717, 1.165) is 11.1 Å². The summed E-state index contributed by atoms with van der Waals surface area (Å²) in [6.07, 6.45) is 6.68. The fraction of sp³-hybridized carbons (Fsp3) is 0.214. The minimum absolute atomic E-state index is 0.129. The van der Waals surface area contributed by atoms with Gasteiger partial charge in [0.2, 0.25) is 0 Å². The lowest BCUT2D eigenvalue weighted by Crippen LogP contribution is -2.21. The largest absolute Gasteiger partial charge is 0.248 e. The minimum atomic E-state index is 0.129. The van der Waals surface area contributed by atoms with E-state index in [1.807, 2.05) is 6.07 Å². The van der Waals surface area contributed by atoms with E-state index in [1.54, 1.807) is 0 Å². The van der Waals surface area contributed by atoms with Crippen LogP contribution in [0.4, 0.5) is 0 Å². The molecule has 15 heavy (non-hydrogen) atoms. The van der Waals surface area contributed by atoms with Crippen LogP contribution in [0.3, 0.4) is 0 Å². The first-order valence-corrected chi connectivity index (χ1v) is 5.26. The average Bonchev–Trinajstić information content (AvgIpc) is 2.52. The molecular formula is C14H13N. The number of fused-ring (bicyclic) bond motifs is 2. The zero-order valence-corrected chi connectivity index (χ0v) is 8.99. The van der Waals surface area contributed by atoms with Crippen LogP contribution in [0.5, 0.6) is 0 Å². The predicted molar refractivity (Wildman–Crippen MR) is 61.6 cm³/mol. The van der Waals surface area contributed by atoms with Gasteiger partial charge in [-0.15, -0.1) is 0 Å². The van der Waals surface area contributed by atoms with Gasteiger partial charge in [0, 0.05) is 16.2 Å². The summed E-state index contributed by atoms with van der Waals surface area (Å²) in [6.45, 7) is 4.40. The molecule has 0 fully saturated rings. The maximum atomic E-state index is 4.64. The van der Waals surface area contributed by atoms with Crippen LogP contribution in [-0.2, 0) is 0 Å². The lowest BCUT2D eigenvalue weighted by atomic mass is 9.86. The first kappa shape index (κ1) is 8.66. The van der Waals surface area contributed by atoms with Crippen LogP contribution in [0.2, 0.25) is 0 Å². The SMILES string of the molecule is CC1(C)C=CC2=c3ccccc3=NC2=C1. The summed E-state index contributed by atoms with van der Waals surface area (Å²) in [7, 11) is 0. The molecule has 74 valence electrons. The molecule has 0 N–H and O–H groups in total. The van der Waals surface area contributed by atoms with Crippen molar-refractivity contribution in [2.24, 2.45) is 10.4 Å². The fourth-order valence-electron chi connectivity index (χ4n) is 2.11. The first-order valence-electron chi connectivity index (χ1n) is 5.26. The van der Waals surface area contributed by atoms with Gasteiger partial charge in [0.15, 0.2) is 0 Å². The highest BCUT2D eigenvalue weighted by Crippen LogP contribution is 2.31. The van der Waals surface area contributed by atoms with Gasteiger partial charge in [-0.25, -0.2) is 4.99 Å². The number of allylic oxidation sites excluding steroid dienone is 3. The zero-order valence-electron chi connectivity index (χ0n) is 8.99. The third kappa shape index (κ3) is 1.27. The molecule has 0 bridgehead atoms. The van der Waals surface area contributed by atoms with Crippen molar-refractivity contribution in [3.05, 3.63) is 58.8 Å². The highest BCUT2D eigenvalue weighted by molar-refractivity contribution is 5.76. The van der Waals surface area contributed by atoms with Gasteiger partial charge >= 0.3 is 0 Å². The molecular weight excluding hydrogens is 182 g/mol. The Morgan fingerprint density at radius 3 is 2.80 bits per heavy atom. The monoisotopic (exact) mass is 195 g/mol. The molecule has 0 unspecified atom stereocenters. The van der Waals surface area contributed by atoms with Crippen molar-refractivity contribution in [1.29, 1.82) is 0 Å². The average molecular weight is 195 g/mol. The predicted octanol–water partition coefficient (Wildman–Crippen LogP) is 1.95. The Hall–Kier alpha value is -1.63. The lowest BCUT2D eigenvalue weighted by Gasteiger charge is -2.20. The fourth-order valence-corrected chi connectivity index (χ4v) is 2.11. The molecule has 1 heterocycles. The Bertz CT molecular complexity index is 600. The van der Waals surface area contributed by atoms with E-state index in [1.165, 1.54) is 10.8 Å². The number of benzene rings is 1. The van der Waals surface area contributed by atoms with E-state index in [4.69, 9.17) is 0 Å².